The molecule has 0 spiro atoms. The number of aromatic nitrogens is 2. The fraction of sp³-hybridized carbons (Fsp3) is 0.0833. The lowest BCUT2D eigenvalue weighted by Crippen LogP contribution is -2.28. The van der Waals surface area contributed by atoms with E-state index in [-0.39, 0.29) is 0 Å². The highest BCUT2D eigenvalue weighted by Crippen LogP contribution is 2.14. The first-order valence-corrected chi connectivity index (χ1v) is 4.88. The molecule has 0 fully saturated rings. The summed E-state index contributed by atoms with van der Waals surface area (Å²) in [4.78, 5) is 14.8. The number of pyridine rings is 1. The maximum absolute atomic E-state index is 10.8. The highest BCUT2D eigenvalue weighted by molar-refractivity contribution is 5.61. The number of ether oxygens (including phenoxy) is 1. The summed E-state index contributed by atoms with van der Waals surface area (Å²) in [6.45, 7) is 0.432. The van der Waals surface area contributed by atoms with Gasteiger partial charge < -0.3 is 9.30 Å². The molecule has 0 aliphatic carbocycles. The standard InChI is InChI=1S/C12H8N2O2/c15-7-10-3-5-14-8-16-12(11(10)14)9-2-1-4-13-6-9/h1-6H,8H2. The Bertz CT molecular complexity index is 667. The van der Waals surface area contributed by atoms with Crippen molar-refractivity contribution < 1.29 is 9.53 Å². The van der Waals surface area contributed by atoms with Crippen molar-refractivity contribution in [2.75, 3.05) is 0 Å². The second-order valence-electron chi connectivity index (χ2n) is 3.49. The van der Waals surface area contributed by atoms with Crippen LogP contribution in [0.3, 0.4) is 0 Å². The molecule has 0 atom stereocenters. The van der Waals surface area contributed by atoms with Gasteiger partial charge in [0.15, 0.2) is 12.5 Å². The lowest BCUT2D eigenvalue weighted by molar-refractivity contribution is 0.224. The Balaban J connectivity index is 2.39. The molecule has 0 saturated heterocycles. The lowest BCUT2D eigenvalue weighted by Gasteiger charge is -2.01. The predicted octanol–water partition coefficient (Wildman–Crippen LogP) is -0.470. The first-order valence-electron chi connectivity index (χ1n) is 4.88. The Morgan fingerprint density at radius 2 is 2.38 bits per heavy atom. The van der Waals surface area contributed by atoms with Crippen molar-refractivity contribution in [2.24, 2.45) is 0 Å². The van der Waals surface area contributed by atoms with Gasteiger partial charge in [0.25, 0.3) is 0 Å². The van der Waals surface area contributed by atoms with Crippen LogP contribution in [0, 0.1) is 0 Å². The van der Waals surface area contributed by atoms with E-state index in [9.17, 15) is 4.79 Å². The van der Waals surface area contributed by atoms with Crippen molar-refractivity contribution in [2.45, 2.75) is 6.73 Å². The minimum atomic E-state index is 0.432. The van der Waals surface area contributed by atoms with Gasteiger partial charge in [-0.15, -0.1) is 0 Å². The SMILES string of the molecule is O=C=c1ccn2c1=C(c1cccnc1)OC2. The summed E-state index contributed by atoms with van der Waals surface area (Å²) in [5.41, 5.74) is 0.872. The number of hydrogen-bond acceptors (Lipinski definition) is 3. The molecule has 0 N–H and O–H groups in total. The van der Waals surface area contributed by atoms with Crippen LogP contribution in [0.4, 0.5) is 0 Å². The van der Waals surface area contributed by atoms with E-state index < -0.39 is 0 Å². The van der Waals surface area contributed by atoms with Crippen LogP contribution in [-0.2, 0) is 16.3 Å². The summed E-state index contributed by atoms with van der Waals surface area (Å²) in [5.74, 6) is 2.61. The number of carbonyl (C=O) groups excluding carboxylic acids is 1. The highest BCUT2D eigenvalue weighted by Gasteiger charge is 2.15. The maximum Gasteiger partial charge on any atom is 0.165 e. The van der Waals surface area contributed by atoms with Gasteiger partial charge >= 0.3 is 0 Å². The normalized spacial score (nSPS) is 13.1. The van der Waals surface area contributed by atoms with Crippen molar-refractivity contribution in [3.63, 3.8) is 0 Å². The van der Waals surface area contributed by atoms with Gasteiger partial charge in [0, 0.05) is 24.2 Å². The Morgan fingerprint density at radius 1 is 1.44 bits per heavy atom. The monoisotopic (exact) mass is 212 g/mol. The van der Waals surface area contributed by atoms with E-state index in [4.69, 9.17) is 4.74 Å². The largest absolute Gasteiger partial charge is 0.470 e. The van der Waals surface area contributed by atoms with Crippen LogP contribution in [0.1, 0.15) is 5.56 Å². The average molecular weight is 212 g/mol. The van der Waals surface area contributed by atoms with Crippen molar-refractivity contribution in [3.05, 3.63) is 52.9 Å². The topological polar surface area (TPSA) is 44.1 Å². The minimum absolute atomic E-state index is 0.432. The third-order valence-electron chi connectivity index (χ3n) is 2.56. The third-order valence-corrected chi connectivity index (χ3v) is 2.56. The Morgan fingerprint density at radius 3 is 3.12 bits per heavy atom. The van der Waals surface area contributed by atoms with Crippen molar-refractivity contribution in [3.8, 4) is 0 Å². The molecular weight excluding hydrogens is 204 g/mol. The fourth-order valence-corrected chi connectivity index (χ4v) is 1.83. The van der Waals surface area contributed by atoms with Gasteiger partial charge in [-0.05, 0) is 18.2 Å². The van der Waals surface area contributed by atoms with Crippen LogP contribution in [0.15, 0.2) is 36.8 Å². The van der Waals surface area contributed by atoms with Crippen LogP contribution in [0.2, 0.25) is 0 Å². The number of nitrogens with zero attached hydrogens (tertiary/aromatic N) is 2. The Kier molecular flexibility index (Phi) is 1.88. The molecule has 78 valence electrons. The molecule has 0 bridgehead atoms. The van der Waals surface area contributed by atoms with E-state index in [2.05, 4.69) is 4.98 Å². The van der Waals surface area contributed by atoms with Gasteiger partial charge in [-0.3, -0.25) is 4.98 Å². The van der Waals surface area contributed by atoms with Crippen LogP contribution in [0.5, 0.6) is 0 Å². The van der Waals surface area contributed by atoms with Crippen molar-refractivity contribution in [1.82, 2.24) is 9.55 Å². The second kappa shape index (κ2) is 3.36. The molecular formula is C12H8N2O2. The molecule has 3 heterocycles. The minimum Gasteiger partial charge on any atom is -0.470 e. The van der Waals surface area contributed by atoms with Gasteiger partial charge in [-0.1, -0.05) is 0 Å². The van der Waals surface area contributed by atoms with E-state index in [1.165, 1.54) is 0 Å². The summed E-state index contributed by atoms with van der Waals surface area (Å²) in [6.07, 6.45) is 5.23. The molecule has 0 radical (unpaired) electrons. The van der Waals surface area contributed by atoms with Gasteiger partial charge in [0.2, 0.25) is 0 Å². The molecule has 0 unspecified atom stereocenters. The van der Waals surface area contributed by atoms with E-state index >= 15 is 0 Å². The molecule has 0 aromatic carbocycles. The van der Waals surface area contributed by atoms with E-state index in [0.29, 0.717) is 17.7 Å². The van der Waals surface area contributed by atoms with Gasteiger partial charge in [-0.25, -0.2) is 4.79 Å². The summed E-state index contributed by atoms with van der Waals surface area (Å²) in [6, 6.07) is 5.47. The summed E-state index contributed by atoms with van der Waals surface area (Å²) in [7, 11) is 0. The molecule has 2 aromatic heterocycles. The molecule has 1 aliphatic heterocycles. The van der Waals surface area contributed by atoms with Crippen LogP contribution < -0.4 is 10.6 Å². The first-order chi connectivity index (χ1) is 7.90. The zero-order chi connectivity index (χ0) is 11.0. The third kappa shape index (κ3) is 1.17. The highest BCUT2D eigenvalue weighted by atomic mass is 16.5. The molecule has 4 nitrogen and oxygen atoms in total. The summed E-state index contributed by atoms with van der Waals surface area (Å²) in [5, 5.41) is 1.30. The second-order valence-corrected chi connectivity index (χ2v) is 3.49. The van der Waals surface area contributed by atoms with E-state index in [1.807, 2.05) is 28.8 Å². The van der Waals surface area contributed by atoms with Crippen LogP contribution in [0.25, 0.3) is 5.76 Å². The zero-order valence-corrected chi connectivity index (χ0v) is 8.38. The van der Waals surface area contributed by atoms with Crippen molar-refractivity contribution >= 4 is 11.7 Å². The van der Waals surface area contributed by atoms with Crippen LogP contribution >= 0.6 is 0 Å². The predicted molar refractivity (Wildman–Crippen MR) is 56.3 cm³/mol. The molecule has 2 aromatic rings. The molecule has 1 aliphatic rings. The Hall–Kier alpha value is -2.32. The van der Waals surface area contributed by atoms with E-state index in [0.717, 1.165) is 10.9 Å². The Labute approximate surface area is 91.1 Å². The van der Waals surface area contributed by atoms with Crippen LogP contribution in [-0.4, -0.2) is 15.5 Å². The summed E-state index contributed by atoms with van der Waals surface area (Å²) >= 11 is 0. The van der Waals surface area contributed by atoms with Gasteiger partial charge in [0.05, 0.1) is 5.22 Å². The summed E-state index contributed by atoms with van der Waals surface area (Å²) < 4.78 is 7.43. The zero-order valence-electron chi connectivity index (χ0n) is 8.38. The maximum atomic E-state index is 10.8. The fourth-order valence-electron chi connectivity index (χ4n) is 1.83. The number of fused-ring (bicyclic) bond motifs is 1. The van der Waals surface area contributed by atoms with Crippen molar-refractivity contribution in [1.29, 1.82) is 0 Å². The molecule has 3 rings (SSSR count). The number of rotatable bonds is 1. The first kappa shape index (κ1) is 8.95. The molecule has 16 heavy (non-hydrogen) atoms. The lowest BCUT2D eigenvalue weighted by atomic mass is 10.2. The average Bonchev–Trinajstić information content (AvgIpc) is 2.90. The molecule has 4 heteroatoms. The molecule has 0 saturated carbocycles. The smallest absolute Gasteiger partial charge is 0.165 e. The van der Waals surface area contributed by atoms with E-state index in [1.54, 1.807) is 18.5 Å². The van der Waals surface area contributed by atoms with Gasteiger partial charge in [-0.2, -0.15) is 0 Å². The quantitative estimate of drug-likeness (QED) is 0.642. The number of hydrogen-bond donors (Lipinski definition) is 0. The van der Waals surface area contributed by atoms with Gasteiger partial charge in [0.1, 0.15) is 11.3 Å². The molecule has 0 amide bonds.